The molecule has 0 saturated carbocycles. The minimum Gasteiger partial charge on any atom is -0.207 e. The number of hydrogen-bond acceptors (Lipinski definition) is 0. The van der Waals surface area contributed by atoms with Gasteiger partial charge in [-0.25, -0.2) is 4.39 Å². The lowest BCUT2D eigenvalue weighted by molar-refractivity contribution is 0.542. The molecule has 92 valence electrons. The van der Waals surface area contributed by atoms with Crippen molar-refractivity contribution in [3.05, 3.63) is 71.0 Å². The van der Waals surface area contributed by atoms with Crippen LogP contribution in [0.2, 0.25) is 0 Å². The maximum Gasteiger partial charge on any atom is 0.123 e. The normalized spacial score (nSPS) is 21.9. The lowest BCUT2D eigenvalue weighted by atomic mass is 9.96. The summed E-state index contributed by atoms with van der Waals surface area (Å²) >= 11 is 6.52. The molecule has 2 aromatic rings. The van der Waals surface area contributed by atoms with Crippen LogP contribution in [-0.4, -0.2) is 0 Å². The van der Waals surface area contributed by atoms with Gasteiger partial charge in [0.25, 0.3) is 0 Å². The first kappa shape index (κ1) is 11.7. The average Bonchev–Trinajstić information content (AvgIpc) is 2.70. The maximum absolute atomic E-state index is 12.9. The van der Waals surface area contributed by atoms with E-state index in [2.05, 4.69) is 18.2 Å². The van der Waals surface area contributed by atoms with Gasteiger partial charge in [-0.15, -0.1) is 11.6 Å². The zero-order chi connectivity index (χ0) is 12.5. The van der Waals surface area contributed by atoms with Gasteiger partial charge in [-0.2, -0.15) is 0 Å². The van der Waals surface area contributed by atoms with E-state index in [0.29, 0.717) is 5.92 Å². The molecule has 2 aromatic carbocycles. The fourth-order valence-corrected chi connectivity index (χ4v) is 3.12. The third-order valence-corrected chi connectivity index (χ3v) is 4.25. The van der Waals surface area contributed by atoms with Gasteiger partial charge in [0, 0.05) is 0 Å². The lowest BCUT2D eigenvalue weighted by Gasteiger charge is -2.14. The number of halogens is 2. The molecule has 2 unspecified atom stereocenters. The van der Waals surface area contributed by atoms with Crippen molar-refractivity contribution in [1.29, 1.82) is 0 Å². The van der Waals surface area contributed by atoms with Crippen LogP contribution in [0.5, 0.6) is 0 Å². The highest BCUT2D eigenvalue weighted by Gasteiger charge is 2.30. The van der Waals surface area contributed by atoms with E-state index in [0.717, 1.165) is 18.4 Å². The number of fused-ring (bicyclic) bond motifs is 1. The Bertz CT molecular complexity index is 547. The molecular weight excluding hydrogens is 247 g/mol. The summed E-state index contributed by atoms with van der Waals surface area (Å²) in [4.78, 5) is 0. The molecule has 0 aliphatic heterocycles. The predicted molar refractivity (Wildman–Crippen MR) is 72.3 cm³/mol. The zero-order valence-electron chi connectivity index (χ0n) is 9.94. The van der Waals surface area contributed by atoms with Crippen LogP contribution < -0.4 is 0 Å². The van der Waals surface area contributed by atoms with E-state index in [9.17, 15) is 4.39 Å². The third-order valence-electron chi connectivity index (χ3n) is 3.66. The Morgan fingerprint density at radius 1 is 1.06 bits per heavy atom. The molecule has 1 aliphatic rings. The van der Waals surface area contributed by atoms with Crippen molar-refractivity contribution in [3.8, 4) is 0 Å². The minimum absolute atomic E-state index is 0.0752. The van der Waals surface area contributed by atoms with Gasteiger partial charge in [0.05, 0.1) is 5.38 Å². The Labute approximate surface area is 111 Å². The number of benzene rings is 2. The lowest BCUT2D eigenvalue weighted by Crippen LogP contribution is -2.06. The Balaban J connectivity index is 1.78. The van der Waals surface area contributed by atoms with Gasteiger partial charge in [-0.3, -0.25) is 0 Å². The summed E-state index contributed by atoms with van der Waals surface area (Å²) in [5.41, 5.74) is 3.76. The highest BCUT2D eigenvalue weighted by Crippen LogP contribution is 2.42. The summed E-state index contributed by atoms with van der Waals surface area (Å²) in [6.07, 6.45) is 1.92. The summed E-state index contributed by atoms with van der Waals surface area (Å²) in [6, 6.07) is 15.1. The van der Waals surface area contributed by atoms with Crippen molar-refractivity contribution in [2.45, 2.75) is 18.2 Å². The molecule has 18 heavy (non-hydrogen) atoms. The highest BCUT2D eigenvalue weighted by atomic mass is 35.5. The quantitative estimate of drug-likeness (QED) is 0.697. The predicted octanol–water partition coefficient (Wildman–Crippen LogP) is 4.52. The van der Waals surface area contributed by atoms with Crippen LogP contribution in [0.4, 0.5) is 4.39 Å². The molecule has 1 aliphatic carbocycles. The summed E-state index contributed by atoms with van der Waals surface area (Å²) in [5, 5.41) is 0.0752. The first-order valence-corrected chi connectivity index (χ1v) is 6.64. The fourth-order valence-electron chi connectivity index (χ4n) is 2.73. The Morgan fingerprint density at radius 2 is 1.78 bits per heavy atom. The van der Waals surface area contributed by atoms with Crippen LogP contribution in [0.1, 0.15) is 22.1 Å². The number of hydrogen-bond donors (Lipinski definition) is 0. The van der Waals surface area contributed by atoms with Gasteiger partial charge < -0.3 is 0 Å². The molecule has 0 bridgehead atoms. The smallest absolute Gasteiger partial charge is 0.123 e. The molecule has 2 heteroatoms. The summed E-state index contributed by atoms with van der Waals surface area (Å²) < 4.78 is 12.9. The molecule has 0 fully saturated rings. The number of rotatable bonds is 2. The van der Waals surface area contributed by atoms with E-state index in [1.54, 1.807) is 0 Å². The van der Waals surface area contributed by atoms with Crippen LogP contribution in [0.25, 0.3) is 0 Å². The second-order valence-electron chi connectivity index (χ2n) is 4.90. The minimum atomic E-state index is -0.184. The van der Waals surface area contributed by atoms with Crippen molar-refractivity contribution in [3.63, 3.8) is 0 Å². The monoisotopic (exact) mass is 260 g/mol. The van der Waals surface area contributed by atoms with E-state index < -0.39 is 0 Å². The molecule has 0 amide bonds. The second kappa shape index (κ2) is 4.74. The molecule has 0 N–H and O–H groups in total. The third kappa shape index (κ3) is 2.15. The van der Waals surface area contributed by atoms with Crippen molar-refractivity contribution < 1.29 is 4.39 Å². The molecule has 0 aromatic heterocycles. The Hall–Kier alpha value is -1.34. The van der Waals surface area contributed by atoms with E-state index >= 15 is 0 Å². The summed E-state index contributed by atoms with van der Waals surface area (Å²) in [7, 11) is 0. The van der Waals surface area contributed by atoms with Gasteiger partial charge in [-0.05, 0) is 47.6 Å². The van der Waals surface area contributed by atoms with Crippen molar-refractivity contribution >= 4 is 11.6 Å². The van der Waals surface area contributed by atoms with Crippen LogP contribution in [-0.2, 0) is 12.8 Å². The first-order valence-electron chi connectivity index (χ1n) is 6.20. The summed E-state index contributed by atoms with van der Waals surface area (Å²) in [5.74, 6) is 0.227. The largest absolute Gasteiger partial charge is 0.207 e. The first-order chi connectivity index (χ1) is 8.74. The second-order valence-corrected chi connectivity index (χ2v) is 5.37. The number of alkyl halides is 1. The average molecular weight is 261 g/mol. The molecule has 2 atom stereocenters. The standard InChI is InChI=1S/C16H14ClF/c17-16-13(9-11-5-7-14(18)8-6-11)10-12-3-1-2-4-15(12)16/h1-8,13,16H,9-10H2. The van der Waals surface area contributed by atoms with Crippen LogP contribution in [0.15, 0.2) is 48.5 Å². The topological polar surface area (TPSA) is 0 Å². The van der Waals surface area contributed by atoms with Gasteiger partial charge in [0.1, 0.15) is 5.82 Å². The van der Waals surface area contributed by atoms with E-state index in [4.69, 9.17) is 11.6 Å². The van der Waals surface area contributed by atoms with E-state index in [1.807, 2.05) is 18.2 Å². The molecule has 0 nitrogen and oxygen atoms in total. The van der Waals surface area contributed by atoms with Crippen LogP contribution in [0, 0.1) is 11.7 Å². The van der Waals surface area contributed by atoms with Gasteiger partial charge in [0.2, 0.25) is 0 Å². The van der Waals surface area contributed by atoms with E-state index in [-0.39, 0.29) is 11.2 Å². The van der Waals surface area contributed by atoms with Crippen LogP contribution in [0.3, 0.4) is 0 Å². The van der Waals surface area contributed by atoms with Crippen LogP contribution >= 0.6 is 11.6 Å². The Morgan fingerprint density at radius 3 is 2.50 bits per heavy atom. The fraction of sp³-hybridized carbons (Fsp3) is 0.250. The maximum atomic E-state index is 12.9. The molecule has 0 heterocycles. The highest BCUT2D eigenvalue weighted by molar-refractivity contribution is 6.21. The van der Waals surface area contributed by atoms with Crippen molar-refractivity contribution in [1.82, 2.24) is 0 Å². The molecule has 0 saturated heterocycles. The molecule has 3 rings (SSSR count). The SMILES string of the molecule is Fc1ccc(CC2Cc3ccccc3C2Cl)cc1. The van der Waals surface area contributed by atoms with Crippen molar-refractivity contribution in [2.75, 3.05) is 0 Å². The molecular formula is C16H14ClF. The van der Waals surface area contributed by atoms with Crippen molar-refractivity contribution in [2.24, 2.45) is 5.92 Å². The van der Waals surface area contributed by atoms with E-state index in [1.165, 1.54) is 23.3 Å². The molecule has 0 spiro atoms. The molecule has 0 radical (unpaired) electrons. The zero-order valence-corrected chi connectivity index (χ0v) is 10.7. The van der Waals surface area contributed by atoms with Gasteiger partial charge in [0.15, 0.2) is 0 Å². The Kier molecular flexibility index (Phi) is 3.09. The van der Waals surface area contributed by atoms with Gasteiger partial charge in [-0.1, -0.05) is 36.4 Å². The van der Waals surface area contributed by atoms with Gasteiger partial charge >= 0.3 is 0 Å². The summed E-state index contributed by atoms with van der Waals surface area (Å²) in [6.45, 7) is 0.